The third-order valence-corrected chi connectivity index (χ3v) is 3.36. The van der Waals surface area contributed by atoms with Crippen molar-refractivity contribution in [1.29, 1.82) is 0 Å². The molecule has 1 N–H and O–H groups in total. The average molecular weight is 235 g/mol. The van der Waals surface area contributed by atoms with Gasteiger partial charge in [0.2, 0.25) is 0 Å². The third-order valence-electron chi connectivity index (χ3n) is 3.36. The average Bonchev–Trinajstić information content (AvgIpc) is 2.34. The molecule has 1 rings (SSSR count). The van der Waals surface area contributed by atoms with Crippen LogP contribution in [0.2, 0.25) is 0 Å². The first kappa shape index (κ1) is 14.2. The molecule has 2 heteroatoms. The predicted molar refractivity (Wildman–Crippen MR) is 73.4 cm³/mol. The Hall–Kier alpha value is -0.860. The number of hydrogen-bond donors (Lipinski definition) is 1. The molecule has 0 saturated carbocycles. The van der Waals surface area contributed by atoms with Crippen LogP contribution in [-0.4, -0.2) is 20.3 Å². The fraction of sp³-hybridized carbons (Fsp3) is 0.600. The van der Waals surface area contributed by atoms with Crippen LogP contribution < -0.4 is 5.32 Å². The predicted octanol–water partition coefficient (Wildman–Crippen LogP) is 3.38. The second-order valence-corrected chi connectivity index (χ2v) is 4.47. The first-order chi connectivity index (χ1) is 8.20. The van der Waals surface area contributed by atoms with Crippen molar-refractivity contribution < 1.29 is 4.74 Å². The monoisotopic (exact) mass is 235 g/mol. The van der Waals surface area contributed by atoms with Gasteiger partial charge in [0.15, 0.2) is 0 Å². The topological polar surface area (TPSA) is 21.3 Å². The number of ether oxygens (including phenoxy) is 1. The Morgan fingerprint density at radius 3 is 2.71 bits per heavy atom. The Labute approximate surface area is 105 Å². The highest BCUT2D eigenvalue weighted by Crippen LogP contribution is 2.23. The first-order valence-corrected chi connectivity index (χ1v) is 6.51. The van der Waals surface area contributed by atoms with Crippen molar-refractivity contribution in [2.24, 2.45) is 0 Å². The lowest BCUT2D eigenvalue weighted by Crippen LogP contribution is -2.18. The number of rotatable bonds is 7. The van der Waals surface area contributed by atoms with Crippen LogP contribution in [-0.2, 0) is 4.74 Å². The van der Waals surface area contributed by atoms with Gasteiger partial charge in [-0.1, -0.05) is 18.2 Å². The largest absolute Gasteiger partial charge is 0.382 e. The van der Waals surface area contributed by atoms with Gasteiger partial charge < -0.3 is 10.1 Å². The quantitative estimate of drug-likeness (QED) is 0.732. The van der Waals surface area contributed by atoms with E-state index in [9.17, 15) is 0 Å². The van der Waals surface area contributed by atoms with Crippen LogP contribution in [0.3, 0.4) is 0 Å². The van der Waals surface area contributed by atoms with Gasteiger partial charge in [-0.05, 0) is 57.4 Å². The molecule has 2 nitrogen and oxygen atoms in total. The molecule has 17 heavy (non-hydrogen) atoms. The van der Waals surface area contributed by atoms with Crippen LogP contribution in [0.5, 0.6) is 0 Å². The maximum atomic E-state index is 5.39. The summed E-state index contributed by atoms with van der Waals surface area (Å²) in [5, 5.41) is 3.41. The van der Waals surface area contributed by atoms with Crippen LogP contribution in [0, 0.1) is 13.8 Å². The van der Waals surface area contributed by atoms with Crippen LogP contribution in [0.25, 0.3) is 0 Å². The van der Waals surface area contributed by atoms with E-state index in [1.807, 2.05) is 14.0 Å². The zero-order valence-corrected chi connectivity index (χ0v) is 11.5. The molecule has 1 unspecified atom stereocenters. The summed E-state index contributed by atoms with van der Waals surface area (Å²) in [6.07, 6.45) is 2.23. The molecule has 96 valence electrons. The van der Waals surface area contributed by atoms with Crippen molar-refractivity contribution in [3.05, 3.63) is 34.9 Å². The molecular weight excluding hydrogens is 210 g/mol. The summed E-state index contributed by atoms with van der Waals surface area (Å²) in [4.78, 5) is 0. The minimum absolute atomic E-state index is 0.440. The second-order valence-electron chi connectivity index (χ2n) is 4.47. The van der Waals surface area contributed by atoms with E-state index in [1.165, 1.54) is 16.7 Å². The van der Waals surface area contributed by atoms with E-state index >= 15 is 0 Å². The minimum atomic E-state index is 0.440. The van der Waals surface area contributed by atoms with E-state index in [-0.39, 0.29) is 0 Å². The molecule has 0 aliphatic rings. The second kappa shape index (κ2) is 7.46. The summed E-state index contributed by atoms with van der Waals surface area (Å²) in [6, 6.07) is 6.98. The SMILES string of the molecule is CCOCCCC(NC)c1cccc(C)c1C. The maximum absolute atomic E-state index is 5.39. The van der Waals surface area contributed by atoms with E-state index in [1.54, 1.807) is 0 Å². The van der Waals surface area contributed by atoms with Gasteiger partial charge in [0.05, 0.1) is 0 Å². The molecule has 0 saturated heterocycles. The highest BCUT2D eigenvalue weighted by molar-refractivity contribution is 5.35. The molecular formula is C15H25NO. The molecule has 0 aliphatic heterocycles. The Morgan fingerprint density at radius 2 is 2.06 bits per heavy atom. The van der Waals surface area contributed by atoms with Crippen molar-refractivity contribution >= 4 is 0 Å². The van der Waals surface area contributed by atoms with Gasteiger partial charge >= 0.3 is 0 Å². The number of nitrogens with one attached hydrogen (secondary N) is 1. The normalized spacial score (nSPS) is 12.7. The van der Waals surface area contributed by atoms with Crippen LogP contribution in [0.15, 0.2) is 18.2 Å². The molecule has 0 spiro atoms. The molecule has 1 atom stereocenters. The number of benzene rings is 1. The van der Waals surface area contributed by atoms with Gasteiger partial charge in [0.1, 0.15) is 0 Å². The van der Waals surface area contributed by atoms with Crippen LogP contribution in [0.4, 0.5) is 0 Å². The first-order valence-electron chi connectivity index (χ1n) is 6.51. The molecule has 0 heterocycles. The van der Waals surface area contributed by atoms with E-state index in [0.29, 0.717) is 6.04 Å². The standard InChI is InChI=1S/C15H25NO/c1-5-17-11-7-10-15(16-4)14-9-6-8-12(2)13(14)3/h6,8-9,15-16H,5,7,10-11H2,1-4H3. The van der Waals surface area contributed by atoms with Gasteiger partial charge in [0, 0.05) is 19.3 Å². The fourth-order valence-electron chi connectivity index (χ4n) is 2.14. The van der Waals surface area contributed by atoms with Gasteiger partial charge in [-0.15, -0.1) is 0 Å². The Balaban J connectivity index is 2.63. The molecule has 1 aromatic carbocycles. The van der Waals surface area contributed by atoms with E-state index in [2.05, 4.69) is 37.4 Å². The molecule has 0 bridgehead atoms. The van der Waals surface area contributed by atoms with Crippen LogP contribution in [0.1, 0.15) is 42.5 Å². The van der Waals surface area contributed by atoms with Gasteiger partial charge in [-0.2, -0.15) is 0 Å². The third kappa shape index (κ3) is 4.14. The highest BCUT2D eigenvalue weighted by atomic mass is 16.5. The summed E-state index contributed by atoms with van der Waals surface area (Å²) in [5.74, 6) is 0. The van der Waals surface area contributed by atoms with Gasteiger partial charge in [0.25, 0.3) is 0 Å². The summed E-state index contributed by atoms with van der Waals surface area (Å²) in [5.41, 5.74) is 4.19. The Bertz CT molecular complexity index is 336. The molecule has 0 aliphatic carbocycles. The molecule has 1 aromatic rings. The summed E-state index contributed by atoms with van der Waals surface area (Å²) in [7, 11) is 2.03. The zero-order chi connectivity index (χ0) is 12.7. The zero-order valence-electron chi connectivity index (χ0n) is 11.5. The van der Waals surface area contributed by atoms with E-state index < -0.39 is 0 Å². The molecule has 0 aromatic heterocycles. The fourth-order valence-corrected chi connectivity index (χ4v) is 2.14. The highest BCUT2D eigenvalue weighted by Gasteiger charge is 2.11. The molecule has 0 fully saturated rings. The Morgan fingerprint density at radius 1 is 1.29 bits per heavy atom. The Kier molecular flexibility index (Phi) is 6.23. The van der Waals surface area contributed by atoms with Gasteiger partial charge in [-0.3, -0.25) is 0 Å². The number of aryl methyl sites for hydroxylation is 1. The van der Waals surface area contributed by atoms with E-state index in [0.717, 1.165) is 26.1 Å². The molecule has 0 radical (unpaired) electrons. The van der Waals surface area contributed by atoms with Crippen LogP contribution >= 0.6 is 0 Å². The van der Waals surface area contributed by atoms with Gasteiger partial charge in [-0.25, -0.2) is 0 Å². The maximum Gasteiger partial charge on any atom is 0.0466 e. The molecule has 0 amide bonds. The minimum Gasteiger partial charge on any atom is -0.382 e. The van der Waals surface area contributed by atoms with Crippen molar-refractivity contribution in [3.63, 3.8) is 0 Å². The van der Waals surface area contributed by atoms with E-state index in [4.69, 9.17) is 4.74 Å². The summed E-state index contributed by atoms with van der Waals surface area (Å²) >= 11 is 0. The van der Waals surface area contributed by atoms with Crippen molar-refractivity contribution in [3.8, 4) is 0 Å². The number of hydrogen-bond acceptors (Lipinski definition) is 2. The smallest absolute Gasteiger partial charge is 0.0466 e. The lowest BCUT2D eigenvalue weighted by atomic mass is 9.95. The van der Waals surface area contributed by atoms with Crippen molar-refractivity contribution in [2.45, 2.75) is 39.7 Å². The summed E-state index contributed by atoms with van der Waals surface area (Å²) < 4.78 is 5.39. The van der Waals surface area contributed by atoms with Crippen molar-refractivity contribution in [1.82, 2.24) is 5.32 Å². The van der Waals surface area contributed by atoms with Crippen molar-refractivity contribution in [2.75, 3.05) is 20.3 Å². The lowest BCUT2D eigenvalue weighted by Gasteiger charge is -2.20. The summed E-state index contributed by atoms with van der Waals surface area (Å²) in [6.45, 7) is 8.09. The lowest BCUT2D eigenvalue weighted by molar-refractivity contribution is 0.141.